The molecule has 0 spiro atoms. The Morgan fingerprint density at radius 3 is 2.41 bits per heavy atom. The van der Waals surface area contributed by atoms with Crippen LogP contribution in [0.2, 0.25) is 0 Å². The average molecular weight is 251 g/mol. The van der Waals surface area contributed by atoms with E-state index >= 15 is 0 Å². The normalized spacial score (nSPS) is 26.1. The summed E-state index contributed by atoms with van der Waals surface area (Å²) in [4.78, 5) is 0. The van der Waals surface area contributed by atoms with Gasteiger partial charge in [0, 0.05) is 6.04 Å². The molecule has 2 atom stereocenters. The molecule has 17 heavy (non-hydrogen) atoms. The van der Waals surface area contributed by atoms with Crippen molar-refractivity contribution in [1.82, 2.24) is 5.32 Å². The van der Waals surface area contributed by atoms with Gasteiger partial charge in [-0.15, -0.1) is 0 Å². The molecule has 1 nitrogen and oxygen atoms in total. The van der Waals surface area contributed by atoms with Crippen molar-refractivity contribution in [2.75, 3.05) is 6.54 Å². The van der Waals surface area contributed by atoms with Crippen molar-refractivity contribution in [1.29, 1.82) is 0 Å². The summed E-state index contributed by atoms with van der Waals surface area (Å²) in [5.74, 6) is -1.12. The second-order valence-corrected chi connectivity index (χ2v) is 5.05. The van der Waals surface area contributed by atoms with Crippen LogP contribution in [0.1, 0.15) is 58.3 Å². The molecule has 0 heterocycles. The molecule has 0 bridgehead atoms. The number of rotatable bonds is 6. The fourth-order valence-corrected chi connectivity index (χ4v) is 2.61. The molecule has 102 valence electrons. The molecule has 1 aliphatic carbocycles. The molecule has 0 radical (unpaired) electrons. The minimum atomic E-state index is -4.03. The minimum Gasteiger partial charge on any atom is -0.313 e. The Balaban J connectivity index is 2.28. The predicted octanol–water partition coefficient (Wildman–Crippen LogP) is 4.28. The maximum absolute atomic E-state index is 12.8. The molecule has 0 aromatic heterocycles. The van der Waals surface area contributed by atoms with Crippen LogP contribution in [-0.4, -0.2) is 18.8 Å². The molecule has 0 saturated heterocycles. The van der Waals surface area contributed by atoms with Crippen LogP contribution in [-0.2, 0) is 0 Å². The third kappa shape index (κ3) is 5.28. The third-order valence-electron chi connectivity index (χ3n) is 3.62. The third-order valence-corrected chi connectivity index (χ3v) is 3.62. The molecular weight excluding hydrogens is 227 g/mol. The van der Waals surface area contributed by atoms with Gasteiger partial charge in [0.1, 0.15) is 0 Å². The number of alkyl halides is 3. The van der Waals surface area contributed by atoms with Crippen molar-refractivity contribution in [2.45, 2.75) is 70.5 Å². The molecule has 1 fully saturated rings. The molecule has 1 N–H and O–H groups in total. The summed E-state index contributed by atoms with van der Waals surface area (Å²) >= 11 is 0. The summed E-state index contributed by atoms with van der Waals surface area (Å²) in [6, 6.07) is -0.342. The maximum atomic E-state index is 12.8. The fraction of sp³-hybridized carbons (Fsp3) is 1.00. The molecule has 1 aliphatic rings. The highest BCUT2D eigenvalue weighted by Crippen LogP contribution is 2.37. The lowest BCUT2D eigenvalue weighted by Gasteiger charge is -2.33. The smallest absolute Gasteiger partial charge is 0.313 e. The molecule has 0 amide bonds. The Morgan fingerprint density at radius 1 is 1.06 bits per heavy atom. The fourth-order valence-electron chi connectivity index (χ4n) is 2.61. The van der Waals surface area contributed by atoms with Crippen LogP contribution in [0.3, 0.4) is 0 Å². The summed E-state index contributed by atoms with van der Waals surface area (Å²) < 4.78 is 38.3. The monoisotopic (exact) mass is 251 g/mol. The average Bonchev–Trinajstić information content (AvgIpc) is 2.28. The second kappa shape index (κ2) is 7.24. The van der Waals surface area contributed by atoms with Crippen LogP contribution >= 0.6 is 0 Å². The number of hydrogen-bond acceptors (Lipinski definition) is 1. The van der Waals surface area contributed by atoms with Crippen LogP contribution in [0.25, 0.3) is 0 Å². The molecule has 2 unspecified atom stereocenters. The van der Waals surface area contributed by atoms with Gasteiger partial charge in [-0.1, -0.05) is 39.0 Å². The van der Waals surface area contributed by atoms with Gasteiger partial charge >= 0.3 is 6.18 Å². The molecule has 1 rings (SSSR count). The first-order valence-corrected chi connectivity index (χ1v) is 6.85. The van der Waals surface area contributed by atoms with Crippen LogP contribution in [0.5, 0.6) is 0 Å². The van der Waals surface area contributed by atoms with Gasteiger partial charge in [0.2, 0.25) is 0 Å². The second-order valence-electron chi connectivity index (χ2n) is 5.05. The molecule has 4 heteroatoms. The predicted molar refractivity (Wildman–Crippen MR) is 63.9 cm³/mol. The van der Waals surface area contributed by atoms with E-state index in [0.29, 0.717) is 12.8 Å². The number of hydrogen-bond donors (Lipinski definition) is 1. The van der Waals surface area contributed by atoms with E-state index < -0.39 is 12.1 Å². The van der Waals surface area contributed by atoms with Gasteiger partial charge < -0.3 is 5.32 Å². The standard InChI is InChI=1S/C13H24F3N/c1-2-3-4-7-10-17-12-9-6-5-8-11(12)13(14,15)16/h11-12,17H,2-10H2,1H3. The first-order valence-electron chi connectivity index (χ1n) is 6.85. The summed E-state index contributed by atoms with van der Waals surface area (Å²) in [7, 11) is 0. The highest BCUT2D eigenvalue weighted by molar-refractivity contribution is 4.85. The summed E-state index contributed by atoms with van der Waals surface area (Å²) in [5.41, 5.74) is 0. The van der Waals surface area contributed by atoms with Crippen LogP contribution in [0.15, 0.2) is 0 Å². The zero-order valence-electron chi connectivity index (χ0n) is 10.7. The van der Waals surface area contributed by atoms with E-state index in [-0.39, 0.29) is 6.04 Å². The quantitative estimate of drug-likeness (QED) is 0.695. The minimum absolute atomic E-state index is 0.302. The van der Waals surface area contributed by atoms with Crippen molar-refractivity contribution in [3.05, 3.63) is 0 Å². The lowest BCUT2D eigenvalue weighted by atomic mass is 9.84. The van der Waals surface area contributed by atoms with Crippen molar-refractivity contribution in [2.24, 2.45) is 5.92 Å². The maximum Gasteiger partial charge on any atom is 0.393 e. The van der Waals surface area contributed by atoms with E-state index in [2.05, 4.69) is 12.2 Å². The summed E-state index contributed by atoms with van der Waals surface area (Å²) in [6.45, 7) is 2.87. The Kier molecular flexibility index (Phi) is 6.31. The van der Waals surface area contributed by atoms with Crippen LogP contribution in [0.4, 0.5) is 13.2 Å². The lowest BCUT2D eigenvalue weighted by Crippen LogP contribution is -2.45. The van der Waals surface area contributed by atoms with Gasteiger partial charge in [-0.2, -0.15) is 13.2 Å². The molecule has 1 saturated carbocycles. The van der Waals surface area contributed by atoms with Crippen LogP contribution in [0, 0.1) is 5.92 Å². The van der Waals surface area contributed by atoms with Gasteiger partial charge in [-0.25, -0.2) is 0 Å². The van der Waals surface area contributed by atoms with Gasteiger partial charge in [-0.05, 0) is 25.8 Å². The molecular formula is C13H24F3N. The van der Waals surface area contributed by atoms with Gasteiger partial charge in [0.05, 0.1) is 5.92 Å². The number of halogens is 3. The Morgan fingerprint density at radius 2 is 1.76 bits per heavy atom. The Bertz CT molecular complexity index is 203. The number of unbranched alkanes of at least 4 members (excludes halogenated alkanes) is 3. The first kappa shape index (κ1) is 14.8. The summed E-state index contributed by atoms with van der Waals surface area (Å²) in [5, 5.41) is 3.12. The van der Waals surface area contributed by atoms with Gasteiger partial charge in [0.15, 0.2) is 0 Å². The topological polar surface area (TPSA) is 12.0 Å². The van der Waals surface area contributed by atoms with Gasteiger partial charge in [0.25, 0.3) is 0 Å². The van der Waals surface area contributed by atoms with Crippen LogP contribution < -0.4 is 5.32 Å². The largest absolute Gasteiger partial charge is 0.393 e. The Labute approximate surface area is 102 Å². The van der Waals surface area contributed by atoms with Crippen molar-refractivity contribution in [3.63, 3.8) is 0 Å². The SMILES string of the molecule is CCCCCCNC1CCCCC1C(F)(F)F. The van der Waals surface area contributed by atoms with E-state index in [9.17, 15) is 13.2 Å². The van der Waals surface area contributed by atoms with E-state index in [0.717, 1.165) is 38.6 Å². The van der Waals surface area contributed by atoms with E-state index in [1.807, 2.05) is 0 Å². The number of nitrogens with one attached hydrogen (secondary N) is 1. The van der Waals surface area contributed by atoms with E-state index in [4.69, 9.17) is 0 Å². The van der Waals surface area contributed by atoms with Crippen molar-refractivity contribution in [3.8, 4) is 0 Å². The van der Waals surface area contributed by atoms with Crippen molar-refractivity contribution < 1.29 is 13.2 Å². The van der Waals surface area contributed by atoms with Gasteiger partial charge in [-0.3, -0.25) is 0 Å². The zero-order chi connectivity index (χ0) is 12.7. The lowest BCUT2D eigenvalue weighted by molar-refractivity contribution is -0.188. The molecule has 0 aliphatic heterocycles. The first-order chi connectivity index (χ1) is 8.05. The summed E-state index contributed by atoms with van der Waals surface area (Å²) in [6.07, 6.45) is 3.05. The molecule has 0 aromatic carbocycles. The Hall–Kier alpha value is -0.250. The van der Waals surface area contributed by atoms with E-state index in [1.54, 1.807) is 0 Å². The van der Waals surface area contributed by atoms with E-state index in [1.165, 1.54) is 6.42 Å². The van der Waals surface area contributed by atoms with Crippen molar-refractivity contribution >= 4 is 0 Å². The highest BCUT2D eigenvalue weighted by atomic mass is 19.4. The molecule has 0 aromatic rings. The zero-order valence-corrected chi connectivity index (χ0v) is 10.7. The highest BCUT2D eigenvalue weighted by Gasteiger charge is 2.45.